The Bertz CT molecular complexity index is 397. The van der Waals surface area contributed by atoms with Gasteiger partial charge in [0.2, 0.25) is 0 Å². The first-order valence-electron chi connectivity index (χ1n) is 6.30. The zero-order chi connectivity index (χ0) is 14.6. The van der Waals surface area contributed by atoms with E-state index in [2.05, 4.69) is 0 Å². The van der Waals surface area contributed by atoms with Gasteiger partial charge in [-0.3, -0.25) is 4.79 Å². The van der Waals surface area contributed by atoms with Crippen LogP contribution in [0.2, 0.25) is 5.02 Å². The molecule has 0 radical (unpaired) electrons. The number of aldehydes is 1. The lowest BCUT2D eigenvalue weighted by molar-refractivity contribution is 0.0179. The lowest BCUT2D eigenvalue weighted by Crippen LogP contribution is -2.12. The fourth-order valence-corrected chi connectivity index (χ4v) is 1.64. The summed E-state index contributed by atoms with van der Waals surface area (Å²) < 4.78 is 20.9. The van der Waals surface area contributed by atoms with Gasteiger partial charge >= 0.3 is 0 Å². The van der Waals surface area contributed by atoms with Crippen molar-refractivity contribution in [3.8, 4) is 5.75 Å². The van der Waals surface area contributed by atoms with E-state index in [-0.39, 0.29) is 0 Å². The van der Waals surface area contributed by atoms with Gasteiger partial charge in [-0.1, -0.05) is 17.7 Å². The maximum atomic E-state index is 10.9. The number of benzene rings is 1. The molecule has 0 bridgehead atoms. The van der Waals surface area contributed by atoms with Crippen LogP contribution in [0.15, 0.2) is 18.2 Å². The first kappa shape index (κ1) is 16.9. The summed E-state index contributed by atoms with van der Waals surface area (Å²) in [6.07, 6.45) is 0.683. The molecule has 1 aromatic carbocycles. The zero-order valence-corrected chi connectivity index (χ0v) is 12.2. The summed E-state index contributed by atoms with van der Waals surface area (Å²) in [5.41, 5.74) is 0.358. The first-order chi connectivity index (χ1) is 9.79. The zero-order valence-electron chi connectivity index (χ0n) is 11.5. The second-order valence-corrected chi connectivity index (χ2v) is 4.24. The van der Waals surface area contributed by atoms with E-state index in [4.69, 9.17) is 30.5 Å². The number of carbonyl (C=O) groups excluding carboxylic acids is 1. The predicted molar refractivity (Wildman–Crippen MR) is 75.8 cm³/mol. The predicted octanol–water partition coefficient (Wildman–Crippen LogP) is 2.21. The molecule has 0 aliphatic carbocycles. The molecule has 0 aliphatic rings. The van der Waals surface area contributed by atoms with E-state index in [0.29, 0.717) is 62.3 Å². The van der Waals surface area contributed by atoms with Crippen LogP contribution in [0.5, 0.6) is 5.75 Å². The molecule has 0 spiro atoms. The third-order valence-electron chi connectivity index (χ3n) is 2.42. The molecular formula is C14H19ClO5. The SMILES string of the molecule is COCCOCCOCCOc1cccc(Cl)c1C=O. The van der Waals surface area contributed by atoms with Crippen molar-refractivity contribution in [2.24, 2.45) is 0 Å². The van der Waals surface area contributed by atoms with Gasteiger partial charge in [-0.05, 0) is 12.1 Å². The van der Waals surface area contributed by atoms with E-state index in [1.807, 2.05) is 0 Å². The van der Waals surface area contributed by atoms with Gasteiger partial charge in [-0.25, -0.2) is 0 Å². The molecule has 0 N–H and O–H groups in total. The number of halogens is 1. The molecule has 0 saturated heterocycles. The van der Waals surface area contributed by atoms with Crippen LogP contribution in [-0.2, 0) is 14.2 Å². The molecule has 0 saturated carbocycles. The van der Waals surface area contributed by atoms with Crippen LogP contribution in [-0.4, -0.2) is 53.0 Å². The second-order valence-electron chi connectivity index (χ2n) is 3.84. The van der Waals surface area contributed by atoms with Crippen LogP contribution in [0.25, 0.3) is 0 Å². The highest BCUT2D eigenvalue weighted by Gasteiger charge is 2.06. The smallest absolute Gasteiger partial charge is 0.155 e. The highest BCUT2D eigenvalue weighted by Crippen LogP contribution is 2.24. The molecule has 6 heteroatoms. The van der Waals surface area contributed by atoms with Crippen LogP contribution >= 0.6 is 11.6 Å². The van der Waals surface area contributed by atoms with Crippen LogP contribution in [0.1, 0.15) is 10.4 Å². The fraction of sp³-hybridized carbons (Fsp3) is 0.500. The third kappa shape index (κ3) is 6.34. The Morgan fingerprint density at radius 1 is 1.05 bits per heavy atom. The summed E-state index contributed by atoms with van der Waals surface area (Å²) in [5.74, 6) is 0.465. The second kappa shape index (κ2) is 10.6. The summed E-state index contributed by atoms with van der Waals surface area (Å²) in [7, 11) is 1.63. The molecule has 0 atom stereocenters. The lowest BCUT2D eigenvalue weighted by Gasteiger charge is -2.10. The van der Waals surface area contributed by atoms with Crippen molar-refractivity contribution < 1.29 is 23.7 Å². The number of hydrogen-bond acceptors (Lipinski definition) is 5. The van der Waals surface area contributed by atoms with Crippen molar-refractivity contribution in [3.05, 3.63) is 28.8 Å². The molecule has 0 amide bonds. The van der Waals surface area contributed by atoms with Crippen molar-refractivity contribution in [2.75, 3.05) is 46.8 Å². The molecule has 0 aromatic heterocycles. The van der Waals surface area contributed by atoms with E-state index in [1.165, 1.54) is 0 Å². The van der Waals surface area contributed by atoms with E-state index < -0.39 is 0 Å². The minimum absolute atomic E-state index is 0.346. The Hall–Kier alpha value is -1.14. The maximum Gasteiger partial charge on any atom is 0.155 e. The summed E-state index contributed by atoms with van der Waals surface area (Å²) in [6.45, 7) is 2.90. The average molecular weight is 303 g/mol. The lowest BCUT2D eigenvalue weighted by atomic mass is 10.2. The normalized spacial score (nSPS) is 10.5. The maximum absolute atomic E-state index is 10.9. The highest BCUT2D eigenvalue weighted by atomic mass is 35.5. The molecule has 112 valence electrons. The standard InChI is InChI=1S/C14H19ClO5/c1-17-5-6-18-7-8-19-9-10-20-14-4-2-3-13(15)12(14)11-16/h2-4,11H,5-10H2,1H3. The van der Waals surface area contributed by atoms with Gasteiger partial charge in [0.05, 0.1) is 43.6 Å². The van der Waals surface area contributed by atoms with Gasteiger partial charge in [0.15, 0.2) is 6.29 Å². The highest BCUT2D eigenvalue weighted by molar-refractivity contribution is 6.33. The van der Waals surface area contributed by atoms with Gasteiger partial charge in [0, 0.05) is 7.11 Å². The van der Waals surface area contributed by atoms with Gasteiger partial charge < -0.3 is 18.9 Å². The van der Waals surface area contributed by atoms with Crippen LogP contribution in [0.3, 0.4) is 0 Å². The Labute approximate surface area is 123 Å². The number of methoxy groups -OCH3 is 1. The minimum Gasteiger partial charge on any atom is -0.490 e. The van der Waals surface area contributed by atoms with Gasteiger partial charge in [0.25, 0.3) is 0 Å². The minimum atomic E-state index is 0.346. The summed E-state index contributed by atoms with van der Waals surface area (Å²) >= 11 is 5.88. The summed E-state index contributed by atoms with van der Waals surface area (Å²) in [6, 6.07) is 5.07. The van der Waals surface area contributed by atoms with Crippen molar-refractivity contribution in [1.29, 1.82) is 0 Å². The number of ether oxygens (including phenoxy) is 4. The van der Waals surface area contributed by atoms with Crippen LogP contribution in [0.4, 0.5) is 0 Å². The van der Waals surface area contributed by atoms with E-state index >= 15 is 0 Å². The molecule has 0 unspecified atom stereocenters. The van der Waals surface area contributed by atoms with Gasteiger partial charge in [-0.2, -0.15) is 0 Å². The Morgan fingerprint density at radius 3 is 2.35 bits per heavy atom. The molecule has 5 nitrogen and oxygen atoms in total. The van der Waals surface area contributed by atoms with Crippen LogP contribution < -0.4 is 4.74 Å². The van der Waals surface area contributed by atoms with Crippen molar-refractivity contribution >= 4 is 17.9 Å². The van der Waals surface area contributed by atoms with E-state index in [0.717, 1.165) is 0 Å². The molecule has 20 heavy (non-hydrogen) atoms. The molecule has 0 heterocycles. The van der Waals surface area contributed by atoms with Crippen LogP contribution in [0, 0.1) is 0 Å². The molecular weight excluding hydrogens is 284 g/mol. The monoisotopic (exact) mass is 302 g/mol. The summed E-state index contributed by atoms with van der Waals surface area (Å²) in [5, 5.41) is 0.380. The third-order valence-corrected chi connectivity index (χ3v) is 2.75. The molecule has 1 aromatic rings. The van der Waals surface area contributed by atoms with Crippen molar-refractivity contribution in [1.82, 2.24) is 0 Å². The molecule has 0 fully saturated rings. The number of carbonyl (C=O) groups is 1. The molecule has 0 aliphatic heterocycles. The Kier molecular flexibility index (Phi) is 8.98. The number of rotatable bonds is 11. The Morgan fingerprint density at radius 2 is 1.70 bits per heavy atom. The first-order valence-corrected chi connectivity index (χ1v) is 6.68. The largest absolute Gasteiger partial charge is 0.490 e. The van der Waals surface area contributed by atoms with E-state index in [1.54, 1.807) is 25.3 Å². The van der Waals surface area contributed by atoms with Gasteiger partial charge in [-0.15, -0.1) is 0 Å². The quantitative estimate of drug-likeness (QED) is 0.463. The average Bonchev–Trinajstić information content (AvgIpc) is 2.45. The van der Waals surface area contributed by atoms with Gasteiger partial charge in [0.1, 0.15) is 12.4 Å². The van der Waals surface area contributed by atoms with Crippen molar-refractivity contribution in [3.63, 3.8) is 0 Å². The topological polar surface area (TPSA) is 54.0 Å². The van der Waals surface area contributed by atoms with E-state index in [9.17, 15) is 4.79 Å². The number of hydrogen-bond donors (Lipinski definition) is 0. The molecule has 1 rings (SSSR count). The Balaban J connectivity index is 2.13. The van der Waals surface area contributed by atoms with Crippen molar-refractivity contribution in [2.45, 2.75) is 0 Å². The summed E-state index contributed by atoms with van der Waals surface area (Å²) in [4.78, 5) is 10.9. The fourth-order valence-electron chi connectivity index (χ4n) is 1.43.